The molecule has 0 bridgehead atoms. The van der Waals surface area contributed by atoms with E-state index in [1.807, 2.05) is 0 Å². The van der Waals surface area contributed by atoms with Gasteiger partial charge >= 0.3 is 0 Å². The van der Waals surface area contributed by atoms with Crippen molar-refractivity contribution in [1.82, 2.24) is 15.5 Å². The maximum atomic E-state index is 11.8. The predicted molar refractivity (Wildman–Crippen MR) is 102 cm³/mol. The van der Waals surface area contributed by atoms with Gasteiger partial charge in [-0.1, -0.05) is 12.5 Å². The van der Waals surface area contributed by atoms with Crippen molar-refractivity contribution in [1.29, 1.82) is 0 Å². The van der Waals surface area contributed by atoms with Crippen LogP contribution in [0.3, 0.4) is 0 Å². The van der Waals surface area contributed by atoms with Crippen LogP contribution in [0.25, 0.3) is 0 Å². The molecule has 2 rings (SSSR count). The van der Waals surface area contributed by atoms with Crippen molar-refractivity contribution >= 4 is 23.2 Å². The lowest BCUT2D eigenvalue weighted by Gasteiger charge is -2.24. The van der Waals surface area contributed by atoms with E-state index >= 15 is 0 Å². The maximum Gasteiger partial charge on any atom is 0.223 e. The topological polar surface area (TPSA) is 56.7 Å². The van der Waals surface area contributed by atoms with Crippen LogP contribution in [0.5, 0.6) is 0 Å². The smallest absolute Gasteiger partial charge is 0.223 e. The number of likely N-dealkylation sites (N-methyl/N-ethyl adjacent to an activating group) is 1. The molecule has 2 N–H and O–H groups in total. The van der Waals surface area contributed by atoms with Gasteiger partial charge in [0.05, 0.1) is 0 Å². The van der Waals surface area contributed by atoms with Gasteiger partial charge in [-0.3, -0.25) is 9.79 Å². The first kappa shape index (κ1) is 18.8. The monoisotopic (exact) mass is 350 g/mol. The Labute approximate surface area is 149 Å². The molecule has 24 heavy (non-hydrogen) atoms. The van der Waals surface area contributed by atoms with E-state index in [0.29, 0.717) is 0 Å². The summed E-state index contributed by atoms with van der Waals surface area (Å²) in [5.74, 6) is 1.44. The summed E-state index contributed by atoms with van der Waals surface area (Å²) >= 11 is 1.80. The zero-order valence-corrected chi connectivity index (χ0v) is 15.7. The van der Waals surface area contributed by atoms with Crippen LogP contribution < -0.4 is 10.6 Å². The fourth-order valence-electron chi connectivity index (χ4n) is 2.60. The highest BCUT2D eigenvalue weighted by molar-refractivity contribution is 7.09. The van der Waals surface area contributed by atoms with Crippen molar-refractivity contribution in [3.05, 3.63) is 22.4 Å². The van der Waals surface area contributed by atoms with Crippen molar-refractivity contribution in [3.63, 3.8) is 0 Å². The second kappa shape index (κ2) is 10.3. The maximum absolute atomic E-state index is 11.8. The fraction of sp³-hybridized carbons (Fsp3) is 0.667. The van der Waals surface area contributed by atoms with Crippen LogP contribution in [0.15, 0.2) is 22.5 Å². The number of aliphatic imine (C=N–C) groups is 1. The van der Waals surface area contributed by atoms with E-state index in [4.69, 9.17) is 0 Å². The highest BCUT2D eigenvalue weighted by atomic mass is 32.1. The van der Waals surface area contributed by atoms with Crippen molar-refractivity contribution in [2.75, 3.05) is 33.2 Å². The fourth-order valence-corrected chi connectivity index (χ4v) is 3.30. The molecule has 0 aromatic carbocycles. The number of amides is 1. The molecule has 1 aliphatic rings. The molecule has 0 atom stereocenters. The van der Waals surface area contributed by atoms with Crippen molar-refractivity contribution in [2.24, 2.45) is 10.9 Å². The standard InChI is InChI=1S/C18H30N4OS/c1-3-19-18(22(2)13-10-16-9-5-14-24-16)21-12-6-11-20-17(23)15-7-4-8-15/h5,9,14-15H,3-4,6-8,10-13H2,1-2H3,(H,19,21)(H,20,23). The van der Waals surface area contributed by atoms with Gasteiger partial charge in [-0.25, -0.2) is 0 Å². The highest BCUT2D eigenvalue weighted by Crippen LogP contribution is 2.25. The summed E-state index contributed by atoms with van der Waals surface area (Å²) in [6, 6.07) is 4.27. The number of carbonyl (C=O) groups is 1. The van der Waals surface area contributed by atoms with E-state index in [-0.39, 0.29) is 11.8 Å². The third-order valence-electron chi connectivity index (χ3n) is 4.34. The van der Waals surface area contributed by atoms with Crippen LogP contribution >= 0.6 is 11.3 Å². The molecule has 0 aliphatic heterocycles. The van der Waals surface area contributed by atoms with Gasteiger partial charge in [0.25, 0.3) is 0 Å². The summed E-state index contributed by atoms with van der Waals surface area (Å²) in [4.78, 5) is 20.0. The Morgan fingerprint density at radius 3 is 2.88 bits per heavy atom. The minimum atomic E-state index is 0.227. The van der Waals surface area contributed by atoms with Gasteiger partial charge in [-0.15, -0.1) is 11.3 Å². The third kappa shape index (κ3) is 6.15. The van der Waals surface area contributed by atoms with E-state index in [1.165, 1.54) is 11.3 Å². The molecule has 1 saturated carbocycles. The lowest BCUT2D eigenvalue weighted by atomic mass is 9.85. The number of nitrogens with one attached hydrogen (secondary N) is 2. The average Bonchev–Trinajstić information content (AvgIpc) is 3.03. The van der Waals surface area contributed by atoms with Crippen LogP contribution in [0.4, 0.5) is 0 Å². The van der Waals surface area contributed by atoms with Gasteiger partial charge in [0.1, 0.15) is 0 Å². The van der Waals surface area contributed by atoms with Gasteiger partial charge in [-0.2, -0.15) is 0 Å². The zero-order valence-electron chi connectivity index (χ0n) is 14.9. The van der Waals surface area contributed by atoms with Crippen LogP contribution in [-0.4, -0.2) is 50.0 Å². The molecule has 1 aromatic heterocycles. The summed E-state index contributed by atoms with van der Waals surface area (Å²) in [7, 11) is 2.08. The molecular weight excluding hydrogens is 320 g/mol. The number of thiophene rings is 1. The molecule has 1 aliphatic carbocycles. The molecule has 0 radical (unpaired) electrons. The first-order chi connectivity index (χ1) is 11.7. The second-order valence-electron chi connectivity index (χ2n) is 6.26. The quantitative estimate of drug-likeness (QED) is 0.409. The molecule has 6 heteroatoms. The number of hydrogen-bond acceptors (Lipinski definition) is 3. The second-order valence-corrected chi connectivity index (χ2v) is 7.29. The molecule has 1 heterocycles. The Kier molecular flexibility index (Phi) is 8.08. The summed E-state index contributed by atoms with van der Waals surface area (Å²) < 4.78 is 0. The molecule has 0 unspecified atom stereocenters. The van der Waals surface area contributed by atoms with E-state index in [2.05, 4.69) is 52.0 Å². The summed E-state index contributed by atoms with van der Waals surface area (Å²) in [5.41, 5.74) is 0. The summed E-state index contributed by atoms with van der Waals surface area (Å²) in [5, 5.41) is 8.48. The SMILES string of the molecule is CCNC(=NCCCNC(=O)C1CCC1)N(C)CCc1cccs1. The Bertz CT molecular complexity index is 511. The highest BCUT2D eigenvalue weighted by Gasteiger charge is 2.24. The van der Waals surface area contributed by atoms with Gasteiger partial charge in [0, 0.05) is 44.0 Å². The largest absolute Gasteiger partial charge is 0.357 e. The average molecular weight is 351 g/mol. The van der Waals surface area contributed by atoms with Crippen LogP contribution in [0.1, 0.15) is 37.5 Å². The molecule has 1 fully saturated rings. The normalized spacial score (nSPS) is 15.0. The van der Waals surface area contributed by atoms with E-state index < -0.39 is 0 Å². The Morgan fingerprint density at radius 1 is 1.42 bits per heavy atom. The number of guanidine groups is 1. The van der Waals surface area contributed by atoms with Gasteiger partial charge < -0.3 is 15.5 Å². The minimum Gasteiger partial charge on any atom is -0.357 e. The number of nitrogens with zero attached hydrogens (tertiary/aromatic N) is 2. The minimum absolute atomic E-state index is 0.227. The lowest BCUT2D eigenvalue weighted by Crippen LogP contribution is -2.40. The number of carbonyl (C=O) groups excluding carboxylic acids is 1. The molecule has 1 amide bonds. The molecule has 134 valence electrons. The first-order valence-corrected chi connectivity index (χ1v) is 9.88. The van der Waals surface area contributed by atoms with Crippen LogP contribution in [-0.2, 0) is 11.2 Å². The van der Waals surface area contributed by atoms with E-state index in [9.17, 15) is 4.79 Å². The van der Waals surface area contributed by atoms with E-state index in [0.717, 1.165) is 57.8 Å². The first-order valence-electron chi connectivity index (χ1n) is 9.00. The van der Waals surface area contributed by atoms with Crippen LogP contribution in [0.2, 0.25) is 0 Å². The molecule has 5 nitrogen and oxygen atoms in total. The van der Waals surface area contributed by atoms with Crippen molar-refractivity contribution in [2.45, 2.75) is 39.0 Å². The third-order valence-corrected chi connectivity index (χ3v) is 5.28. The Hall–Kier alpha value is -1.56. The summed E-state index contributed by atoms with van der Waals surface area (Å²) in [6.07, 6.45) is 5.24. The van der Waals surface area contributed by atoms with Crippen LogP contribution in [0, 0.1) is 5.92 Å². The molecular formula is C18H30N4OS. The number of rotatable bonds is 9. The molecule has 1 aromatic rings. The lowest BCUT2D eigenvalue weighted by molar-refractivity contribution is -0.127. The number of hydrogen-bond donors (Lipinski definition) is 2. The van der Waals surface area contributed by atoms with Gasteiger partial charge in [0.2, 0.25) is 5.91 Å². The van der Waals surface area contributed by atoms with Crippen molar-refractivity contribution in [3.8, 4) is 0 Å². The Balaban J connectivity index is 1.67. The van der Waals surface area contributed by atoms with Gasteiger partial charge in [-0.05, 0) is 44.1 Å². The van der Waals surface area contributed by atoms with Gasteiger partial charge in [0.15, 0.2) is 5.96 Å². The summed E-state index contributed by atoms with van der Waals surface area (Å²) in [6.45, 7) is 5.35. The molecule has 0 saturated heterocycles. The van der Waals surface area contributed by atoms with Crippen molar-refractivity contribution < 1.29 is 4.79 Å². The Morgan fingerprint density at radius 2 is 2.25 bits per heavy atom. The zero-order chi connectivity index (χ0) is 17.2. The molecule has 0 spiro atoms. The van der Waals surface area contributed by atoms with E-state index in [1.54, 1.807) is 11.3 Å². The predicted octanol–water partition coefficient (Wildman–Crippen LogP) is 2.49.